The SMILES string of the molecule is COc1cc2c(c(OC)c1)[C@]1(c3ccccc3)C[C@H](OC(=O)c3ccc([N+](=O)[O-])cc3)CC[C@@H]1C2. The molecule has 0 unspecified atom stereocenters. The number of rotatable bonds is 6. The van der Waals surface area contributed by atoms with Gasteiger partial charge in [0.25, 0.3) is 5.69 Å². The number of nitro groups is 1. The fraction of sp³-hybridized carbons (Fsp3) is 0.321. The van der Waals surface area contributed by atoms with E-state index in [0.717, 1.165) is 36.3 Å². The number of carbonyl (C=O) groups is 1. The third-order valence-electron chi connectivity index (χ3n) is 7.49. The molecule has 0 bridgehead atoms. The van der Waals surface area contributed by atoms with Gasteiger partial charge in [-0.2, -0.15) is 0 Å². The Labute approximate surface area is 203 Å². The predicted octanol–water partition coefficient (Wildman–Crippen LogP) is 5.48. The lowest BCUT2D eigenvalue weighted by Gasteiger charge is -2.44. The van der Waals surface area contributed by atoms with Gasteiger partial charge < -0.3 is 14.2 Å². The van der Waals surface area contributed by atoms with Crippen molar-refractivity contribution in [2.45, 2.75) is 37.2 Å². The van der Waals surface area contributed by atoms with Crippen LogP contribution in [0.2, 0.25) is 0 Å². The van der Waals surface area contributed by atoms with Gasteiger partial charge in [-0.15, -0.1) is 0 Å². The van der Waals surface area contributed by atoms with Gasteiger partial charge in [-0.05, 0) is 60.9 Å². The highest BCUT2D eigenvalue weighted by Gasteiger charge is 2.53. The van der Waals surface area contributed by atoms with Crippen LogP contribution in [0.25, 0.3) is 0 Å². The summed E-state index contributed by atoms with van der Waals surface area (Å²) in [5.74, 6) is 1.43. The van der Waals surface area contributed by atoms with Crippen LogP contribution in [-0.4, -0.2) is 31.2 Å². The molecule has 0 amide bonds. The fourth-order valence-corrected chi connectivity index (χ4v) is 5.97. The molecular formula is C28H27NO6. The average Bonchev–Trinajstić information content (AvgIpc) is 3.23. The van der Waals surface area contributed by atoms with Crippen LogP contribution in [0.15, 0.2) is 66.7 Å². The molecule has 7 nitrogen and oxygen atoms in total. The van der Waals surface area contributed by atoms with E-state index in [2.05, 4.69) is 18.2 Å². The molecule has 3 aromatic rings. The Morgan fingerprint density at radius 1 is 1.00 bits per heavy atom. The van der Waals surface area contributed by atoms with E-state index in [4.69, 9.17) is 14.2 Å². The van der Waals surface area contributed by atoms with E-state index in [9.17, 15) is 14.9 Å². The number of benzene rings is 3. The monoisotopic (exact) mass is 473 g/mol. The van der Waals surface area contributed by atoms with Gasteiger partial charge in [-0.25, -0.2) is 4.79 Å². The zero-order valence-electron chi connectivity index (χ0n) is 19.7. The van der Waals surface area contributed by atoms with Gasteiger partial charge in [0, 0.05) is 29.2 Å². The van der Waals surface area contributed by atoms with Crippen molar-refractivity contribution in [2.24, 2.45) is 5.92 Å². The molecule has 3 aromatic carbocycles. The summed E-state index contributed by atoms with van der Waals surface area (Å²) in [5, 5.41) is 10.9. The van der Waals surface area contributed by atoms with Gasteiger partial charge in [0.1, 0.15) is 17.6 Å². The normalized spacial score (nSPS) is 22.6. The van der Waals surface area contributed by atoms with Gasteiger partial charge >= 0.3 is 5.97 Å². The van der Waals surface area contributed by atoms with Gasteiger partial charge in [0.05, 0.1) is 24.7 Å². The third-order valence-corrected chi connectivity index (χ3v) is 7.49. The number of hydrogen-bond donors (Lipinski definition) is 0. The van der Waals surface area contributed by atoms with Crippen LogP contribution < -0.4 is 9.47 Å². The number of hydrogen-bond acceptors (Lipinski definition) is 6. The highest BCUT2D eigenvalue weighted by molar-refractivity contribution is 5.89. The van der Waals surface area contributed by atoms with Crippen molar-refractivity contribution in [3.63, 3.8) is 0 Å². The van der Waals surface area contributed by atoms with Crippen molar-refractivity contribution >= 4 is 11.7 Å². The molecule has 0 aliphatic heterocycles. The van der Waals surface area contributed by atoms with E-state index in [-0.39, 0.29) is 17.2 Å². The van der Waals surface area contributed by atoms with Gasteiger partial charge in [0.2, 0.25) is 0 Å². The van der Waals surface area contributed by atoms with Crippen molar-refractivity contribution < 1.29 is 23.9 Å². The predicted molar refractivity (Wildman–Crippen MR) is 130 cm³/mol. The number of fused-ring (bicyclic) bond motifs is 3. The van der Waals surface area contributed by atoms with Crippen LogP contribution in [0, 0.1) is 16.0 Å². The molecule has 2 aliphatic carbocycles. The fourth-order valence-electron chi connectivity index (χ4n) is 5.97. The lowest BCUT2D eigenvalue weighted by Crippen LogP contribution is -2.43. The summed E-state index contributed by atoms with van der Waals surface area (Å²) in [6.07, 6.45) is 2.89. The van der Waals surface area contributed by atoms with Gasteiger partial charge in [-0.1, -0.05) is 30.3 Å². The molecule has 5 rings (SSSR count). The number of ether oxygens (including phenoxy) is 3. The van der Waals surface area contributed by atoms with Crippen molar-refractivity contribution in [2.75, 3.05) is 14.2 Å². The Morgan fingerprint density at radius 2 is 1.74 bits per heavy atom. The van der Waals surface area contributed by atoms with Crippen molar-refractivity contribution in [1.29, 1.82) is 0 Å². The first-order valence-corrected chi connectivity index (χ1v) is 11.7. The second-order valence-corrected chi connectivity index (χ2v) is 9.21. The van der Waals surface area contributed by atoms with Crippen LogP contribution in [0.5, 0.6) is 11.5 Å². The first-order chi connectivity index (χ1) is 17.0. The van der Waals surface area contributed by atoms with E-state index in [1.165, 1.54) is 35.4 Å². The highest BCUT2D eigenvalue weighted by Crippen LogP contribution is 2.59. The topological polar surface area (TPSA) is 87.9 Å². The summed E-state index contributed by atoms with van der Waals surface area (Å²) in [5.41, 5.74) is 3.43. The summed E-state index contributed by atoms with van der Waals surface area (Å²) < 4.78 is 17.4. The standard InChI is InChI=1S/C28H27NO6/c1-33-24-15-19-14-21-10-13-23(35-27(30)18-8-11-22(12-9-18)29(31)32)17-28(21,20-6-4-3-5-7-20)26(19)25(16-24)34-2/h3-9,11-12,15-16,21,23H,10,13-14,17H2,1-2H3/t21-,23-,28+/m1/s1. The van der Waals surface area contributed by atoms with E-state index in [1.807, 2.05) is 24.3 Å². The molecule has 1 saturated carbocycles. The summed E-state index contributed by atoms with van der Waals surface area (Å²) in [6.45, 7) is 0. The Bertz CT molecular complexity index is 1260. The summed E-state index contributed by atoms with van der Waals surface area (Å²) in [4.78, 5) is 23.4. The Morgan fingerprint density at radius 3 is 2.40 bits per heavy atom. The minimum absolute atomic E-state index is 0.0600. The van der Waals surface area contributed by atoms with Crippen LogP contribution in [0.3, 0.4) is 0 Å². The maximum absolute atomic E-state index is 12.9. The number of non-ortho nitro benzene ring substituents is 1. The van der Waals surface area contributed by atoms with Gasteiger partial charge in [0.15, 0.2) is 0 Å². The van der Waals surface area contributed by atoms with Crippen LogP contribution in [0.1, 0.15) is 46.3 Å². The lowest BCUT2D eigenvalue weighted by atomic mass is 9.61. The molecule has 0 saturated heterocycles. The number of esters is 1. The van der Waals surface area contributed by atoms with E-state index < -0.39 is 10.9 Å². The molecule has 0 spiro atoms. The molecule has 3 atom stereocenters. The third kappa shape index (κ3) is 3.91. The molecule has 0 radical (unpaired) electrons. The quantitative estimate of drug-likeness (QED) is 0.268. The van der Waals surface area contributed by atoms with Gasteiger partial charge in [-0.3, -0.25) is 10.1 Å². The second kappa shape index (κ2) is 9.06. The molecule has 0 aromatic heterocycles. The molecule has 2 aliphatic rings. The second-order valence-electron chi connectivity index (χ2n) is 9.21. The van der Waals surface area contributed by atoms with Crippen molar-refractivity contribution in [1.82, 2.24) is 0 Å². The largest absolute Gasteiger partial charge is 0.497 e. The molecule has 35 heavy (non-hydrogen) atoms. The van der Waals surface area contributed by atoms with Crippen molar-refractivity contribution in [3.05, 3.63) is 99.1 Å². The lowest BCUT2D eigenvalue weighted by molar-refractivity contribution is -0.384. The summed E-state index contributed by atoms with van der Waals surface area (Å²) >= 11 is 0. The maximum atomic E-state index is 12.9. The molecule has 0 N–H and O–H groups in total. The molecule has 7 heteroatoms. The summed E-state index contributed by atoms with van der Waals surface area (Å²) in [6, 6.07) is 19.9. The summed E-state index contributed by atoms with van der Waals surface area (Å²) in [7, 11) is 3.33. The van der Waals surface area contributed by atoms with E-state index >= 15 is 0 Å². The first kappa shape index (κ1) is 22.9. The first-order valence-electron chi connectivity index (χ1n) is 11.7. The Hall–Kier alpha value is -3.87. The minimum Gasteiger partial charge on any atom is -0.497 e. The zero-order valence-corrected chi connectivity index (χ0v) is 19.7. The van der Waals surface area contributed by atoms with Crippen LogP contribution in [-0.2, 0) is 16.6 Å². The van der Waals surface area contributed by atoms with Crippen LogP contribution >= 0.6 is 0 Å². The number of nitrogens with zero attached hydrogens (tertiary/aromatic N) is 1. The Balaban J connectivity index is 1.51. The minimum atomic E-state index is -0.486. The zero-order chi connectivity index (χ0) is 24.6. The number of carbonyl (C=O) groups excluding carboxylic acids is 1. The van der Waals surface area contributed by atoms with Crippen molar-refractivity contribution in [3.8, 4) is 11.5 Å². The Kier molecular flexibility index (Phi) is 5.93. The van der Waals surface area contributed by atoms with Crippen LogP contribution in [0.4, 0.5) is 5.69 Å². The average molecular weight is 474 g/mol. The number of methoxy groups -OCH3 is 2. The molecular weight excluding hydrogens is 446 g/mol. The van der Waals surface area contributed by atoms with E-state index in [1.54, 1.807) is 14.2 Å². The number of nitro benzene ring substituents is 1. The van der Waals surface area contributed by atoms with E-state index in [0.29, 0.717) is 17.9 Å². The molecule has 1 fully saturated rings. The maximum Gasteiger partial charge on any atom is 0.338 e. The molecule has 0 heterocycles. The highest BCUT2D eigenvalue weighted by atomic mass is 16.6. The smallest absolute Gasteiger partial charge is 0.338 e. The molecule has 180 valence electrons.